The molecule has 0 saturated carbocycles. The molecule has 4 heteroatoms. The van der Waals surface area contributed by atoms with Crippen molar-refractivity contribution in [1.29, 1.82) is 0 Å². The number of methoxy groups -OCH3 is 2. The Hall–Kier alpha value is -0.610. The topological polar surface area (TPSA) is 44.8 Å². The van der Waals surface area contributed by atoms with E-state index in [1.54, 1.807) is 14.0 Å². The Balaban J connectivity index is 3.72. The summed E-state index contributed by atoms with van der Waals surface area (Å²) in [6, 6.07) is 0. The third-order valence-electron chi connectivity index (χ3n) is 1.92. The van der Waals surface area contributed by atoms with Crippen molar-refractivity contribution < 1.29 is 19.0 Å². The molecule has 0 aromatic carbocycles. The van der Waals surface area contributed by atoms with Gasteiger partial charge in [-0.3, -0.25) is 4.79 Å². The fourth-order valence-electron chi connectivity index (χ4n) is 1.03. The first-order chi connectivity index (χ1) is 6.65. The van der Waals surface area contributed by atoms with Gasteiger partial charge in [-0.2, -0.15) is 0 Å². The average molecular weight is 204 g/mol. The SMILES string of the molecule is CCCC(OC)OCC(C)C(=O)OC. The Morgan fingerprint density at radius 3 is 2.43 bits per heavy atom. The predicted molar refractivity (Wildman–Crippen MR) is 52.8 cm³/mol. The van der Waals surface area contributed by atoms with E-state index in [9.17, 15) is 4.79 Å². The minimum Gasteiger partial charge on any atom is -0.469 e. The van der Waals surface area contributed by atoms with E-state index in [4.69, 9.17) is 9.47 Å². The van der Waals surface area contributed by atoms with Gasteiger partial charge in [-0.1, -0.05) is 13.3 Å². The highest BCUT2D eigenvalue weighted by Crippen LogP contribution is 2.06. The summed E-state index contributed by atoms with van der Waals surface area (Å²) in [6.07, 6.45) is 1.61. The summed E-state index contributed by atoms with van der Waals surface area (Å²) in [5, 5.41) is 0. The molecule has 2 atom stereocenters. The number of rotatable bonds is 7. The van der Waals surface area contributed by atoms with Gasteiger partial charge in [0.2, 0.25) is 0 Å². The average Bonchev–Trinajstić information content (AvgIpc) is 2.22. The summed E-state index contributed by atoms with van der Waals surface area (Å²) in [4.78, 5) is 11.0. The maximum Gasteiger partial charge on any atom is 0.310 e. The Morgan fingerprint density at radius 1 is 1.36 bits per heavy atom. The standard InChI is InChI=1S/C10H20O4/c1-5-6-9(12-3)14-7-8(2)10(11)13-4/h8-9H,5-7H2,1-4H3. The minimum atomic E-state index is -0.253. The summed E-state index contributed by atoms with van der Waals surface area (Å²) in [6.45, 7) is 4.16. The normalized spacial score (nSPS) is 14.9. The van der Waals surface area contributed by atoms with Crippen molar-refractivity contribution in [3.05, 3.63) is 0 Å². The Morgan fingerprint density at radius 2 is 2.00 bits per heavy atom. The fraction of sp³-hybridized carbons (Fsp3) is 0.900. The summed E-state index contributed by atoms with van der Waals surface area (Å²) in [5.41, 5.74) is 0. The molecule has 0 aliphatic rings. The highest BCUT2D eigenvalue weighted by Gasteiger charge is 2.15. The molecule has 0 saturated heterocycles. The van der Waals surface area contributed by atoms with Crippen LogP contribution in [-0.4, -0.2) is 33.1 Å². The second-order valence-electron chi connectivity index (χ2n) is 3.21. The quantitative estimate of drug-likeness (QED) is 0.466. The van der Waals surface area contributed by atoms with Crippen LogP contribution in [0.25, 0.3) is 0 Å². The van der Waals surface area contributed by atoms with E-state index < -0.39 is 0 Å². The van der Waals surface area contributed by atoms with Gasteiger partial charge in [-0.15, -0.1) is 0 Å². The third kappa shape index (κ3) is 5.19. The molecule has 84 valence electrons. The lowest BCUT2D eigenvalue weighted by Crippen LogP contribution is -2.23. The molecule has 0 rings (SSSR count). The number of carbonyl (C=O) groups excluding carboxylic acids is 1. The minimum absolute atomic E-state index is 0.216. The van der Waals surface area contributed by atoms with Gasteiger partial charge in [-0.05, 0) is 13.3 Å². The lowest BCUT2D eigenvalue weighted by Gasteiger charge is -2.17. The molecule has 0 bridgehead atoms. The van der Waals surface area contributed by atoms with Crippen molar-refractivity contribution in [1.82, 2.24) is 0 Å². The fourth-order valence-corrected chi connectivity index (χ4v) is 1.03. The molecule has 0 aromatic heterocycles. The second-order valence-corrected chi connectivity index (χ2v) is 3.21. The Kier molecular flexibility index (Phi) is 7.42. The molecule has 0 aliphatic carbocycles. The van der Waals surface area contributed by atoms with Gasteiger partial charge >= 0.3 is 5.97 Å². The monoisotopic (exact) mass is 204 g/mol. The summed E-state index contributed by atoms with van der Waals surface area (Å²) in [7, 11) is 2.97. The van der Waals surface area contributed by atoms with E-state index in [-0.39, 0.29) is 18.2 Å². The zero-order valence-electron chi connectivity index (χ0n) is 9.41. The van der Waals surface area contributed by atoms with E-state index in [1.165, 1.54) is 7.11 Å². The van der Waals surface area contributed by atoms with Crippen LogP contribution in [0.15, 0.2) is 0 Å². The molecule has 14 heavy (non-hydrogen) atoms. The van der Waals surface area contributed by atoms with Gasteiger partial charge < -0.3 is 14.2 Å². The molecule has 0 spiro atoms. The number of carbonyl (C=O) groups is 1. The predicted octanol–water partition coefficient (Wildman–Crippen LogP) is 1.58. The van der Waals surface area contributed by atoms with Crippen LogP contribution in [0.4, 0.5) is 0 Å². The van der Waals surface area contributed by atoms with Gasteiger partial charge in [-0.25, -0.2) is 0 Å². The molecular formula is C10H20O4. The maximum absolute atomic E-state index is 11.0. The molecule has 0 aliphatic heterocycles. The van der Waals surface area contributed by atoms with Gasteiger partial charge in [0.1, 0.15) is 0 Å². The largest absolute Gasteiger partial charge is 0.469 e. The van der Waals surface area contributed by atoms with Crippen LogP contribution < -0.4 is 0 Å². The smallest absolute Gasteiger partial charge is 0.310 e. The molecule has 0 fully saturated rings. The van der Waals surface area contributed by atoms with E-state index in [0.717, 1.165) is 12.8 Å². The number of hydrogen-bond acceptors (Lipinski definition) is 4. The van der Waals surface area contributed by atoms with E-state index >= 15 is 0 Å². The van der Waals surface area contributed by atoms with Crippen molar-refractivity contribution in [2.24, 2.45) is 5.92 Å². The van der Waals surface area contributed by atoms with Crippen LogP contribution >= 0.6 is 0 Å². The first-order valence-corrected chi connectivity index (χ1v) is 4.87. The molecule has 2 unspecified atom stereocenters. The van der Waals surface area contributed by atoms with Gasteiger partial charge in [0.05, 0.1) is 19.6 Å². The number of esters is 1. The lowest BCUT2D eigenvalue weighted by atomic mass is 10.2. The van der Waals surface area contributed by atoms with Gasteiger partial charge in [0.25, 0.3) is 0 Å². The second kappa shape index (κ2) is 7.76. The molecule has 0 heterocycles. The van der Waals surface area contributed by atoms with Crippen LogP contribution in [-0.2, 0) is 19.0 Å². The molecule has 0 N–H and O–H groups in total. The highest BCUT2D eigenvalue weighted by molar-refractivity contribution is 5.71. The van der Waals surface area contributed by atoms with E-state index in [2.05, 4.69) is 11.7 Å². The van der Waals surface area contributed by atoms with Crippen LogP contribution in [0.5, 0.6) is 0 Å². The first-order valence-electron chi connectivity index (χ1n) is 4.87. The Bertz CT molecular complexity index is 158. The summed E-state index contributed by atoms with van der Waals surface area (Å²) < 4.78 is 15.1. The van der Waals surface area contributed by atoms with E-state index in [1.807, 2.05) is 0 Å². The number of hydrogen-bond donors (Lipinski definition) is 0. The zero-order valence-corrected chi connectivity index (χ0v) is 9.41. The maximum atomic E-state index is 11.0. The highest BCUT2D eigenvalue weighted by atomic mass is 16.7. The Labute approximate surface area is 85.5 Å². The van der Waals surface area contributed by atoms with Gasteiger partial charge in [0.15, 0.2) is 6.29 Å². The van der Waals surface area contributed by atoms with Crippen molar-refractivity contribution in [3.8, 4) is 0 Å². The molecule has 0 radical (unpaired) electrons. The molecule has 0 amide bonds. The first kappa shape index (κ1) is 13.4. The van der Waals surface area contributed by atoms with Crippen molar-refractivity contribution >= 4 is 5.97 Å². The molecule has 0 aromatic rings. The molecule has 4 nitrogen and oxygen atoms in total. The summed E-state index contributed by atoms with van der Waals surface area (Å²) in [5.74, 6) is -0.495. The lowest BCUT2D eigenvalue weighted by molar-refractivity contribution is -0.158. The van der Waals surface area contributed by atoms with Crippen molar-refractivity contribution in [2.75, 3.05) is 20.8 Å². The van der Waals surface area contributed by atoms with Crippen LogP contribution in [0.2, 0.25) is 0 Å². The zero-order chi connectivity index (χ0) is 11.0. The van der Waals surface area contributed by atoms with Crippen molar-refractivity contribution in [2.45, 2.75) is 33.0 Å². The van der Waals surface area contributed by atoms with Crippen LogP contribution in [0, 0.1) is 5.92 Å². The summed E-state index contributed by atoms with van der Waals surface area (Å²) >= 11 is 0. The van der Waals surface area contributed by atoms with Gasteiger partial charge in [0, 0.05) is 7.11 Å². The molecular weight excluding hydrogens is 184 g/mol. The van der Waals surface area contributed by atoms with Crippen LogP contribution in [0.1, 0.15) is 26.7 Å². The van der Waals surface area contributed by atoms with Crippen LogP contribution in [0.3, 0.4) is 0 Å². The van der Waals surface area contributed by atoms with Crippen molar-refractivity contribution in [3.63, 3.8) is 0 Å². The number of ether oxygens (including phenoxy) is 3. The van der Waals surface area contributed by atoms with E-state index in [0.29, 0.717) is 6.61 Å². The third-order valence-corrected chi connectivity index (χ3v) is 1.92.